The molecule has 494 valence electrons. The molecule has 0 saturated heterocycles. The molecule has 0 aromatic rings. The lowest BCUT2D eigenvalue weighted by atomic mass is 10.0. The van der Waals surface area contributed by atoms with Crippen LogP contribution >= 0.6 is 7.82 Å². The van der Waals surface area contributed by atoms with Crippen LogP contribution in [0.15, 0.2) is 194 Å². The Morgan fingerprint density at radius 3 is 0.920 bits per heavy atom. The molecule has 0 aromatic heterocycles. The van der Waals surface area contributed by atoms with E-state index < -0.39 is 32.5 Å². The zero-order valence-corrected chi connectivity index (χ0v) is 57.0. The van der Waals surface area contributed by atoms with E-state index in [0.29, 0.717) is 23.9 Å². The van der Waals surface area contributed by atoms with Gasteiger partial charge in [-0.15, -0.1) is 0 Å². The first-order chi connectivity index (χ1) is 43.0. The predicted octanol–water partition coefficient (Wildman–Crippen LogP) is 21.9. The summed E-state index contributed by atoms with van der Waals surface area (Å²) in [7, 11) is 1.11. The molecule has 2 unspecified atom stereocenters. The van der Waals surface area contributed by atoms with Crippen LogP contribution in [0.2, 0.25) is 0 Å². The van der Waals surface area contributed by atoms with Crippen molar-refractivity contribution in [1.82, 2.24) is 0 Å². The molecule has 0 heterocycles. The highest BCUT2D eigenvalue weighted by molar-refractivity contribution is 7.45. The zero-order valence-electron chi connectivity index (χ0n) is 56.1. The number of esters is 2. The Hall–Kier alpha value is -5.15. The maximum absolute atomic E-state index is 12.8. The molecule has 0 N–H and O–H groups in total. The molecule has 0 aliphatic heterocycles. The van der Waals surface area contributed by atoms with E-state index >= 15 is 0 Å². The number of carbonyl (C=O) groups excluding carboxylic acids is 2. The van der Waals surface area contributed by atoms with Crippen LogP contribution in [0.25, 0.3) is 0 Å². The molecule has 9 nitrogen and oxygen atoms in total. The number of ether oxygens (including phenoxy) is 2. The van der Waals surface area contributed by atoms with E-state index in [2.05, 4.69) is 208 Å². The van der Waals surface area contributed by atoms with Crippen LogP contribution in [0, 0.1) is 0 Å². The maximum atomic E-state index is 12.8. The number of unbranched alkanes of at least 4 members (excludes halogenated alkanes) is 14. The van der Waals surface area contributed by atoms with Gasteiger partial charge >= 0.3 is 11.9 Å². The van der Waals surface area contributed by atoms with Crippen LogP contribution in [0.5, 0.6) is 0 Å². The van der Waals surface area contributed by atoms with Gasteiger partial charge in [0.15, 0.2) is 6.10 Å². The van der Waals surface area contributed by atoms with Gasteiger partial charge in [0.25, 0.3) is 7.82 Å². The van der Waals surface area contributed by atoms with Crippen LogP contribution in [0.3, 0.4) is 0 Å². The minimum absolute atomic E-state index is 0.0493. The van der Waals surface area contributed by atoms with E-state index in [4.69, 9.17) is 18.5 Å². The highest BCUT2D eigenvalue weighted by Crippen LogP contribution is 2.38. The predicted molar refractivity (Wildman–Crippen MR) is 378 cm³/mol. The first-order valence-corrected chi connectivity index (χ1v) is 35.6. The molecular formula is C78H124NO8P. The first-order valence-electron chi connectivity index (χ1n) is 34.1. The SMILES string of the molecule is CC/C=C\C/C=C\C/C=C\C/C=C\C/C=C\C/C=C\C/C=C\C/C=C\C/C=C\CCCCCC(=O)OC(COC(=O)CCCCCCCCCCCCC/C=C\C/C=C\C/C=C\C/C=C\C/C=C\C/C=C\C/C=C\CC)COP(=O)([O-])OCC[N+](C)(C)C. The molecule has 0 amide bonds. The lowest BCUT2D eigenvalue weighted by Gasteiger charge is -2.28. The Morgan fingerprint density at radius 2 is 0.614 bits per heavy atom. The molecule has 2 atom stereocenters. The summed E-state index contributed by atoms with van der Waals surface area (Å²) in [5, 5.41) is 0. The molecular weight excluding hydrogens is 1110 g/mol. The molecule has 0 aliphatic rings. The van der Waals surface area contributed by atoms with Crippen LogP contribution in [0.1, 0.15) is 232 Å². The third kappa shape index (κ3) is 69.9. The zero-order chi connectivity index (χ0) is 64.1. The van der Waals surface area contributed by atoms with Crippen molar-refractivity contribution >= 4 is 19.8 Å². The van der Waals surface area contributed by atoms with E-state index in [1.807, 2.05) is 21.1 Å². The summed E-state index contributed by atoms with van der Waals surface area (Å²) < 4.78 is 34.2. The second-order valence-corrected chi connectivity index (χ2v) is 24.5. The van der Waals surface area contributed by atoms with Gasteiger partial charge in [0, 0.05) is 12.8 Å². The van der Waals surface area contributed by atoms with Crippen molar-refractivity contribution in [3.63, 3.8) is 0 Å². The van der Waals surface area contributed by atoms with Crippen molar-refractivity contribution in [2.24, 2.45) is 0 Å². The third-order valence-electron chi connectivity index (χ3n) is 13.6. The van der Waals surface area contributed by atoms with Crippen molar-refractivity contribution in [3.05, 3.63) is 194 Å². The monoisotopic (exact) mass is 1230 g/mol. The number of nitrogens with zero attached hydrogens (tertiary/aromatic N) is 1. The Bertz CT molecular complexity index is 2190. The molecule has 0 radical (unpaired) electrons. The molecule has 0 saturated carbocycles. The van der Waals surface area contributed by atoms with E-state index in [9.17, 15) is 19.0 Å². The Labute approximate surface area is 539 Å². The molecule has 0 fully saturated rings. The number of quaternary nitrogens is 1. The first kappa shape index (κ1) is 82.8. The Kier molecular flexibility index (Phi) is 62.4. The maximum Gasteiger partial charge on any atom is 0.306 e. The molecule has 0 aliphatic carbocycles. The summed E-state index contributed by atoms with van der Waals surface area (Å²) in [4.78, 5) is 38.0. The average molecular weight is 1230 g/mol. The minimum atomic E-state index is -4.67. The Morgan fingerprint density at radius 1 is 0.352 bits per heavy atom. The summed E-state index contributed by atoms with van der Waals surface area (Å²) in [6.45, 7) is 3.94. The lowest BCUT2D eigenvalue weighted by Crippen LogP contribution is -2.37. The van der Waals surface area contributed by atoms with Crippen molar-refractivity contribution < 1.29 is 42.1 Å². The van der Waals surface area contributed by atoms with Crippen LogP contribution in [0.4, 0.5) is 0 Å². The minimum Gasteiger partial charge on any atom is -0.756 e. The van der Waals surface area contributed by atoms with Gasteiger partial charge in [0.05, 0.1) is 27.7 Å². The van der Waals surface area contributed by atoms with Gasteiger partial charge in [-0.2, -0.15) is 0 Å². The molecule has 0 spiro atoms. The third-order valence-corrected chi connectivity index (χ3v) is 14.6. The number of allylic oxidation sites excluding steroid dienone is 32. The van der Waals surface area contributed by atoms with Crippen LogP contribution in [-0.2, 0) is 32.7 Å². The highest BCUT2D eigenvalue weighted by Gasteiger charge is 2.22. The molecule has 88 heavy (non-hydrogen) atoms. The van der Waals surface area contributed by atoms with Gasteiger partial charge in [0.2, 0.25) is 0 Å². The topological polar surface area (TPSA) is 111 Å². The fraction of sp³-hybridized carbons (Fsp3) is 0.564. The smallest absolute Gasteiger partial charge is 0.306 e. The van der Waals surface area contributed by atoms with E-state index in [1.54, 1.807) is 0 Å². The fourth-order valence-corrected chi connectivity index (χ4v) is 9.18. The van der Waals surface area contributed by atoms with Crippen molar-refractivity contribution in [3.8, 4) is 0 Å². The van der Waals surface area contributed by atoms with Gasteiger partial charge in [-0.3, -0.25) is 14.2 Å². The number of rotatable bonds is 60. The number of hydrogen-bond acceptors (Lipinski definition) is 8. The number of likely N-dealkylation sites (N-methyl/N-ethyl adjacent to an activating group) is 1. The van der Waals surface area contributed by atoms with E-state index in [0.717, 1.165) is 148 Å². The molecule has 0 bridgehead atoms. The lowest BCUT2D eigenvalue weighted by molar-refractivity contribution is -0.870. The summed E-state index contributed by atoms with van der Waals surface area (Å²) in [5.74, 6) is -0.890. The van der Waals surface area contributed by atoms with Gasteiger partial charge < -0.3 is 27.9 Å². The molecule has 10 heteroatoms. The van der Waals surface area contributed by atoms with Crippen molar-refractivity contribution in [2.75, 3.05) is 47.5 Å². The summed E-state index contributed by atoms with van der Waals surface area (Å²) in [6.07, 6.45) is 104. The number of carbonyl (C=O) groups is 2. The summed E-state index contributed by atoms with van der Waals surface area (Å²) in [6, 6.07) is 0. The number of hydrogen-bond donors (Lipinski definition) is 0. The average Bonchev–Trinajstić information content (AvgIpc) is 3.68. The Balaban J connectivity index is 4.22. The van der Waals surface area contributed by atoms with Crippen LogP contribution < -0.4 is 4.89 Å². The molecule has 0 aromatic carbocycles. The van der Waals surface area contributed by atoms with Crippen molar-refractivity contribution in [1.29, 1.82) is 0 Å². The van der Waals surface area contributed by atoms with Gasteiger partial charge in [0.1, 0.15) is 19.8 Å². The van der Waals surface area contributed by atoms with E-state index in [1.165, 1.54) is 44.9 Å². The van der Waals surface area contributed by atoms with E-state index in [-0.39, 0.29) is 26.1 Å². The number of phosphoric acid groups is 1. The van der Waals surface area contributed by atoms with Gasteiger partial charge in [-0.25, -0.2) is 0 Å². The second kappa shape index (κ2) is 66.3. The second-order valence-electron chi connectivity index (χ2n) is 23.1. The van der Waals surface area contributed by atoms with Gasteiger partial charge in [-0.05, 0) is 141 Å². The summed E-state index contributed by atoms with van der Waals surface area (Å²) in [5.41, 5.74) is 0. The standard InChI is InChI=1S/C78H124NO8P/c1-6-8-10-12-14-16-18-20-22-24-26-28-30-32-34-36-38-39-41-42-44-46-48-50-52-54-56-58-60-62-64-66-68-70-77(80)84-74-76(75-86-88(82,83)85-73-72-79(3,4)5)87-78(81)71-69-67-65-63-61-59-57-55-53-51-49-47-45-43-40-37-35-33-31-29-27-25-23-21-19-17-15-13-11-9-7-2/h8-11,14-17,20-23,26-29,32-35,38-40,42-44,47,49,53,55,59,61,76H,6-7,12-13,18-19,24-25,30-31,36-37,41,45-46,48,50-52,54,56-58,60,62-75H2,1-5H3/b10-8-,11-9-,16-14-,17-15-,22-20-,23-21-,28-26-,29-27-,34-32-,35-33-,39-38-,43-40-,44-42-,49-47-,55-53-,61-59-. The van der Waals surface area contributed by atoms with Crippen LogP contribution in [-0.4, -0.2) is 70.0 Å². The molecule has 0 rings (SSSR count). The summed E-state index contributed by atoms with van der Waals surface area (Å²) >= 11 is 0. The quantitative estimate of drug-likeness (QED) is 0.0195. The van der Waals surface area contributed by atoms with Gasteiger partial charge in [-0.1, -0.05) is 272 Å². The number of phosphoric ester groups is 1. The largest absolute Gasteiger partial charge is 0.756 e. The van der Waals surface area contributed by atoms with Crippen molar-refractivity contribution in [2.45, 2.75) is 238 Å². The highest BCUT2D eigenvalue weighted by atomic mass is 31.2. The normalized spacial score (nSPS) is 14.4. The fourth-order valence-electron chi connectivity index (χ4n) is 8.45.